The smallest absolute Gasteiger partial charge is 0.1000 e. The first-order valence-corrected chi connectivity index (χ1v) is 9.39. The van der Waals surface area contributed by atoms with E-state index in [-0.39, 0.29) is 11.6 Å². The van der Waals surface area contributed by atoms with E-state index in [4.69, 9.17) is 16.4 Å². The van der Waals surface area contributed by atoms with Crippen molar-refractivity contribution in [2.75, 3.05) is 7.05 Å². The van der Waals surface area contributed by atoms with Gasteiger partial charge in [0.2, 0.25) is 0 Å². The SMILES string of the molecule is CN1OC(C=Cc2ccccc2)CC1(Cn1ccnc1)c1ccc(Cl)cc1. The molecular weight excluding hydrogens is 358 g/mol. The van der Waals surface area contributed by atoms with Crippen LogP contribution in [0.3, 0.4) is 0 Å². The van der Waals surface area contributed by atoms with Gasteiger partial charge >= 0.3 is 0 Å². The summed E-state index contributed by atoms with van der Waals surface area (Å²) in [6.45, 7) is 0.751. The molecule has 138 valence electrons. The van der Waals surface area contributed by atoms with Crippen LogP contribution in [0.15, 0.2) is 79.4 Å². The largest absolute Gasteiger partial charge is 0.335 e. The first-order chi connectivity index (χ1) is 13.2. The molecule has 1 aliphatic rings. The standard InChI is InChI=1S/C22H22ClN3O/c1-25-22(16-26-14-13-24-17-26,19-8-10-20(23)11-9-19)15-21(27-25)12-7-18-5-3-2-4-6-18/h2-14,17,21H,15-16H2,1H3. The van der Waals surface area contributed by atoms with Crippen LogP contribution in [0.5, 0.6) is 0 Å². The minimum absolute atomic E-state index is 0.00518. The van der Waals surface area contributed by atoms with Gasteiger partial charge in [0.15, 0.2) is 0 Å². The van der Waals surface area contributed by atoms with Crippen LogP contribution in [-0.2, 0) is 16.9 Å². The van der Waals surface area contributed by atoms with Crippen LogP contribution in [0.25, 0.3) is 6.08 Å². The molecule has 2 unspecified atom stereocenters. The summed E-state index contributed by atoms with van der Waals surface area (Å²) in [5.74, 6) is 0. The van der Waals surface area contributed by atoms with Gasteiger partial charge in [-0.2, -0.15) is 5.06 Å². The molecule has 0 saturated carbocycles. The second kappa shape index (κ2) is 7.69. The van der Waals surface area contributed by atoms with Gasteiger partial charge in [-0.15, -0.1) is 0 Å². The van der Waals surface area contributed by atoms with Crippen LogP contribution < -0.4 is 0 Å². The lowest BCUT2D eigenvalue weighted by molar-refractivity contribution is -0.165. The summed E-state index contributed by atoms with van der Waals surface area (Å²) in [6, 6.07) is 18.3. The molecule has 2 heterocycles. The van der Waals surface area contributed by atoms with Gasteiger partial charge in [0.05, 0.1) is 18.0 Å². The summed E-state index contributed by atoms with van der Waals surface area (Å²) < 4.78 is 2.09. The third-order valence-corrected chi connectivity index (χ3v) is 5.37. The number of likely N-dealkylation sites (N-methyl/N-ethyl adjacent to an activating group) is 1. The van der Waals surface area contributed by atoms with Crippen LogP contribution >= 0.6 is 11.6 Å². The number of rotatable bonds is 5. The molecule has 4 rings (SSSR count). The summed E-state index contributed by atoms with van der Waals surface area (Å²) in [5, 5.41) is 2.72. The van der Waals surface area contributed by atoms with E-state index in [1.165, 1.54) is 11.1 Å². The third kappa shape index (κ3) is 3.83. The average Bonchev–Trinajstić information content (AvgIpc) is 3.30. The number of hydrogen-bond donors (Lipinski definition) is 0. The fourth-order valence-corrected chi connectivity index (χ4v) is 3.81. The van der Waals surface area contributed by atoms with Crippen molar-refractivity contribution in [3.63, 3.8) is 0 Å². The molecule has 1 aliphatic heterocycles. The van der Waals surface area contributed by atoms with Crippen molar-refractivity contribution < 1.29 is 4.84 Å². The molecule has 5 heteroatoms. The molecule has 4 nitrogen and oxygen atoms in total. The summed E-state index contributed by atoms with van der Waals surface area (Å²) in [4.78, 5) is 10.4. The zero-order valence-corrected chi connectivity index (χ0v) is 16.0. The van der Waals surface area contributed by atoms with Gasteiger partial charge in [0.25, 0.3) is 0 Å². The zero-order chi connectivity index (χ0) is 18.7. The second-order valence-corrected chi connectivity index (χ2v) is 7.33. The van der Waals surface area contributed by atoms with Crippen molar-refractivity contribution in [3.8, 4) is 0 Å². The quantitative estimate of drug-likeness (QED) is 0.639. The summed E-state index contributed by atoms with van der Waals surface area (Å²) in [6.07, 6.45) is 10.7. The minimum Gasteiger partial charge on any atom is -0.335 e. The van der Waals surface area contributed by atoms with E-state index in [1.54, 1.807) is 6.20 Å². The van der Waals surface area contributed by atoms with Gasteiger partial charge in [-0.25, -0.2) is 4.98 Å². The Hall–Kier alpha value is -2.40. The lowest BCUT2D eigenvalue weighted by Gasteiger charge is -2.34. The molecule has 0 bridgehead atoms. The molecule has 3 aromatic rings. The highest BCUT2D eigenvalue weighted by Crippen LogP contribution is 2.41. The molecule has 1 saturated heterocycles. The monoisotopic (exact) mass is 379 g/mol. The van der Waals surface area contributed by atoms with E-state index in [1.807, 2.05) is 55.0 Å². The number of nitrogens with zero attached hydrogens (tertiary/aromatic N) is 3. The second-order valence-electron chi connectivity index (χ2n) is 6.89. The molecule has 1 fully saturated rings. The van der Waals surface area contributed by atoms with Crippen LogP contribution in [0.1, 0.15) is 17.5 Å². The third-order valence-electron chi connectivity index (χ3n) is 5.12. The van der Waals surface area contributed by atoms with Gasteiger partial charge in [0.1, 0.15) is 0 Å². The Morgan fingerprint density at radius 1 is 1.19 bits per heavy atom. The Morgan fingerprint density at radius 2 is 1.96 bits per heavy atom. The van der Waals surface area contributed by atoms with Crippen LogP contribution in [0, 0.1) is 0 Å². The van der Waals surface area contributed by atoms with Crippen molar-refractivity contribution in [2.24, 2.45) is 0 Å². The Bertz CT molecular complexity index is 893. The molecule has 2 atom stereocenters. The fourth-order valence-electron chi connectivity index (χ4n) is 3.69. The van der Waals surface area contributed by atoms with E-state index >= 15 is 0 Å². The summed E-state index contributed by atoms with van der Waals surface area (Å²) in [7, 11) is 2.00. The van der Waals surface area contributed by atoms with Crippen molar-refractivity contribution in [1.82, 2.24) is 14.6 Å². The minimum atomic E-state index is -0.295. The summed E-state index contributed by atoms with van der Waals surface area (Å²) >= 11 is 6.12. The number of halogens is 1. The lowest BCUT2D eigenvalue weighted by atomic mass is 9.85. The van der Waals surface area contributed by atoms with Gasteiger partial charge < -0.3 is 4.57 Å². The van der Waals surface area contributed by atoms with E-state index < -0.39 is 0 Å². The molecule has 27 heavy (non-hydrogen) atoms. The average molecular weight is 380 g/mol. The molecule has 0 N–H and O–H groups in total. The number of imidazole rings is 1. The molecular formula is C22H22ClN3O. The van der Waals surface area contributed by atoms with Crippen LogP contribution in [-0.4, -0.2) is 27.8 Å². The Kier molecular flexibility index (Phi) is 5.12. The highest BCUT2D eigenvalue weighted by molar-refractivity contribution is 6.30. The Balaban J connectivity index is 1.64. The normalized spacial score (nSPS) is 23.3. The fraction of sp³-hybridized carbons (Fsp3) is 0.227. The predicted octanol–water partition coefficient (Wildman–Crippen LogP) is 4.78. The van der Waals surface area contributed by atoms with Gasteiger partial charge in [-0.3, -0.25) is 4.84 Å². The highest BCUT2D eigenvalue weighted by Gasteiger charge is 2.46. The number of aromatic nitrogens is 2. The number of hydroxylamine groups is 2. The first kappa shape index (κ1) is 18.0. The van der Waals surface area contributed by atoms with E-state index in [2.05, 4.69) is 46.0 Å². The van der Waals surface area contributed by atoms with Crippen LogP contribution in [0.4, 0.5) is 0 Å². The van der Waals surface area contributed by atoms with Gasteiger partial charge in [0, 0.05) is 37.4 Å². The van der Waals surface area contributed by atoms with Crippen molar-refractivity contribution >= 4 is 17.7 Å². The van der Waals surface area contributed by atoms with Gasteiger partial charge in [-0.1, -0.05) is 66.2 Å². The van der Waals surface area contributed by atoms with Gasteiger partial charge in [-0.05, 0) is 23.3 Å². The lowest BCUT2D eigenvalue weighted by Crippen LogP contribution is -2.41. The maximum absolute atomic E-state index is 6.21. The molecule has 0 spiro atoms. The maximum Gasteiger partial charge on any atom is 0.1000 e. The van der Waals surface area contributed by atoms with Crippen molar-refractivity contribution in [2.45, 2.75) is 24.6 Å². The van der Waals surface area contributed by atoms with Crippen molar-refractivity contribution in [1.29, 1.82) is 0 Å². The summed E-state index contributed by atoms with van der Waals surface area (Å²) in [5.41, 5.74) is 2.05. The molecule has 0 radical (unpaired) electrons. The van der Waals surface area contributed by atoms with E-state index in [0.29, 0.717) is 0 Å². The molecule has 0 amide bonds. The first-order valence-electron chi connectivity index (χ1n) is 9.01. The van der Waals surface area contributed by atoms with E-state index in [0.717, 1.165) is 18.0 Å². The molecule has 2 aromatic carbocycles. The topological polar surface area (TPSA) is 30.3 Å². The highest BCUT2D eigenvalue weighted by atomic mass is 35.5. The predicted molar refractivity (Wildman–Crippen MR) is 108 cm³/mol. The van der Waals surface area contributed by atoms with E-state index in [9.17, 15) is 0 Å². The number of hydrogen-bond acceptors (Lipinski definition) is 3. The maximum atomic E-state index is 6.21. The molecule has 1 aromatic heterocycles. The molecule has 0 aliphatic carbocycles. The number of benzene rings is 2. The Morgan fingerprint density at radius 3 is 2.67 bits per heavy atom. The Labute approximate surface area is 164 Å². The zero-order valence-electron chi connectivity index (χ0n) is 15.2. The van der Waals surface area contributed by atoms with Crippen LogP contribution in [0.2, 0.25) is 5.02 Å². The van der Waals surface area contributed by atoms with Crippen molar-refractivity contribution in [3.05, 3.63) is 95.5 Å².